The Morgan fingerprint density at radius 1 is 0.792 bits per heavy atom. The van der Waals surface area contributed by atoms with Crippen LogP contribution in [-0.2, 0) is 0 Å². The van der Waals surface area contributed by atoms with Crippen LogP contribution in [0.1, 0.15) is 27.5 Å². The van der Waals surface area contributed by atoms with E-state index in [1.807, 2.05) is 67.7 Å². The summed E-state index contributed by atoms with van der Waals surface area (Å²) in [5, 5.41) is 0. The fraction of sp³-hybridized carbons (Fsp3) is 0.0952. The number of rotatable bonds is 4. The van der Waals surface area contributed by atoms with Gasteiger partial charge in [-0.05, 0) is 35.4 Å². The number of carbonyl (C=O) groups is 1. The molecule has 0 aliphatic heterocycles. The first-order valence-corrected chi connectivity index (χ1v) is 8.59. The van der Waals surface area contributed by atoms with Gasteiger partial charge in [0, 0.05) is 17.1 Å². The summed E-state index contributed by atoms with van der Waals surface area (Å²) in [7, 11) is 1.86. The highest BCUT2D eigenvalue weighted by Gasteiger charge is 2.24. The molecule has 0 saturated carbocycles. The maximum atomic E-state index is 13.0. The molecule has 0 unspecified atom stereocenters. The van der Waals surface area contributed by atoms with Gasteiger partial charge in [-0.15, -0.1) is 0 Å². The van der Waals surface area contributed by atoms with Crippen molar-refractivity contribution in [3.8, 4) is 0 Å². The Balaban J connectivity index is 1.99. The van der Waals surface area contributed by atoms with Gasteiger partial charge in [0.1, 0.15) is 0 Å². The normalized spacial score (nSPS) is 10.6. The van der Waals surface area contributed by atoms with Crippen LogP contribution in [0.5, 0.6) is 0 Å². The Hall–Kier alpha value is -2.39. The zero-order chi connectivity index (χ0) is 16.9. The molecule has 0 atom stereocenters. The van der Waals surface area contributed by atoms with E-state index < -0.39 is 0 Å². The topological polar surface area (TPSA) is 20.3 Å². The van der Waals surface area contributed by atoms with Crippen LogP contribution >= 0.6 is 15.9 Å². The minimum atomic E-state index is -0.122. The molecule has 0 aliphatic carbocycles. The third-order valence-corrected chi connectivity index (χ3v) is 4.56. The standard InChI is InChI=1S/C21H18BrNO/c1-23(21(24)18-12-14-19(22)15-13-18)20(16-8-4-2-5-9-16)17-10-6-3-7-11-17/h2-15,20H,1H3. The monoisotopic (exact) mass is 379 g/mol. The third kappa shape index (κ3) is 3.57. The van der Waals surface area contributed by atoms with Gasteiger partial charge in [0.15, 0.2) is 0 Å². The Morgan fingerprint density at radius 3 is 1.71 bits per heavy atom. The van der Waals surface area contributed by atoms with Gasteiger partial charge in [0.2, 0.25) is 0 Å². The van der Waals surface area contributed by atoms with Crippen molar-refractivity contribution < 1.29 is 4.79 Å². The van der Waals surface area contributed by atoms with E-state index in [-0.39, 0.29) is 11.9 Å². The Morgan fingerprint density at radius 2 is 1.25 bits per heavy atom. The lowest BCUT2D eigenvalue weighted by Crippen LogP contribution is -2.32. The van der Waals surface area contributed by atoms with E-state index in [1.165, 1.54) is 0 Å². The van der Waals surface area contributed by atoms with E-state index in [1.54, 1.807) is 4.90 Å². The molecule has 3 rings (SSSR count). The highest BCUT2D eigenvalue weighted by molar-refractivity contribution is 9.10. The molecule has 0 bridgehead atoms. The first kappa shape index (κ1) is 16.5. The SMILES string of the molecule is CN(C(=O)c1ccc(Br)cc1)C(c1ccccc1)c1ccccc1. The summed E-state index contributed by atoms with van der Waals surface area (Å²) in [6, 6.07) is 27.6. The first-order chi connectivity index (χ1) is 11.7. The number of benzene rings is 3. The van der Waals surface area contributed by atoms with E-state index in [4.69, 9.17) is 0 Å². The Labute approximate surface area is 150 Å². The number of amides is 1. The summed E-state index contributed by atoms with van der Waals surface area (Å²) >= 11 is 3.41. The van der Waals surface area contributed by atoms with Gasteiger partial charge in [0.05, 0.1) is 6.04 Å². The second-order valence-electron chi connectivity index (χ2n) is 5.65. The highest BCUT2D eigenvalue weighted by atomic mass is 79.9. The number of carbonyl (C=O) groups excluding carboxylic acids is 1. The van der Waals surface area contributed by atoms with Crippen LogP contribution in [0.15, 0.2) is 89.4 Å². The first-order valence-electron chi connectivity index (χ1n) is 7.79. The summed E-state index contributed by atoms with van der Waals surface area (Å²) in [4.78, 5) is 14.8. The van der Waals surface area contributed by atoms with Crippen LogP contribution in [0.3, 0.4) is 0 Å². The molecule has 120 valence electrons. The van der Waals surface area contributed by atoms with Crippen molar-refractivity contribution in [2.24, 2.45) is 0 Å². The van der Waals surface area contributed by atoms with Crippen molar-refractivity contribution in [1.82, 2.24) is 4.90 Å². The van der Waals surface area contributed by atoms with E-state index in [2.05, 4.69) is 40.2 Å². The molecule has 2 nitrogen and oxygen atoms in total. The van der Waals surface area contributed by atoms with Gasteiger partial charge >= 0.3 is 0 Å². The van der Waals surface area contributed by atoms with Crippen LogP contribution in [0, 0.1) is 0 Å². The largest absolute Gasteiger partial charge is 0.331 e. The zero-order valence-corrected chi connectivity index (χ0v) is 15.0. The molecule has 3 aromatic carbocycles. The second-order valence-corrected chi connectivity index (χ2v) is 6.56. The van der Waals surface area contributed by atoms with Crippen molar-refractivity contribution in [2.45, 2.75) is 6.04 Å². The summed E-state index contributed by atoms with van der Waals surface area (Å²) in [6.07, 6.45) is 0. The molecule has 0 spiro atoms. The van der Waals surface area contributed by atoms with Gasteiger partial charge in [-0.1, -0.05) is 76.6 Å². The zero-order valence-electron chi connectivity index (χ0n) is 13.4. The van der Waals surface area contributed by atoms with Crippen LogP contribution in [-0.4, -0.2) is 17.9 Å². The molecule has 3 aromatic rings. The van der Waals surface area contributed by atoms with Crippen molar-refractivity contribution in [3.63, 3.8) is 0 Å². The molecule has 0 aromatic heterocycles. The Kier molecular flexibility index (Phi) is 5.11. The van der Waals surface area contributed by atoms with E-state index in [9.17, 15) is 4.79 Å². The van der Waals surface area contributed by atoms with Crippen LogP contribution in [0.25, 0.3) is 0 Å². The summed E-state index contributed by atoms with van der Waals surface area (Å²) in [6.45, 7) is 0. The molecule has 0 N–H and O–H groups in total. The molecule has 0 aliphatic rings. The fourth-order valence-corrected chi connectivity index (χ4v) is 3.09. The molecule has 0 radical (unpaired) electrons. The van der Waals surface area contributed by atoms with Crippen LogP contribution in [0.2, 0.25) is 0 Å². The molecular weight excluding hydrogens is 362 g/mol. The quantitative estimate of drug-likeness (QED) is 0.601. The molecule has 0 saturated heterocycles. The maximum Gasteiger partial charge on any atom is 0.254 e. The van der Waals surface area contributed by atoms with Gasteiger partial charge in [-0.25, -0.2) is 0 Å². The lowest BCUT2D eigenvalue weighted by molar-refractivity contribution is 0.0755. The van der Waals surface area contributed by atoms with Crippen LogP contribution in [0.4, 0.5) is 0 Å². The van der Waals surface area contributed by atoms with Gasteiger partial charge in [0.25, 0.3) is 5.91 Å². The number of hydrogen-bond donors (Lipinski definition) is 0. The summed E-state index contributed by atoms with van der Waals surface area (Å²) in [5.41, 5.74) is 2.87. The summed E-state index contributed by atoms with van der Waals surface area (Å²) in [5.74, 6) is 0.000191. The van der Waals surface area contributed by atoms with Crippen molar-refractivity contribution >= 4 is 21.8 Å². The summed E-state index contributed by atoms with van der Waals surface area (Å²) < 4.78 is 0.962. The fourth-order valence-electron chi connectivity index (χ4n) is 2.82. The van der Waals surface area contributed by atoms with E-state index in [0.29, 0.717) is 5.56 Å². The molecule has 3 heteroatoms. The minimum Gasteiger partial charge on any atom is -0.331 e. The van der Waals surface area contributed by atoms with Gasteiger partial charge in [-0.3, -0.25) is 4.79 Å². The molecule has 1 amide bonds. The van der Waals surface area contributed by atoms with Gasteiger partial charge < -0.3 is 4.90 Å². The van der Waals surface area contributed by atoms with Gasteiger partial charge in [-0.2, -0.15) is 0 Å². The number of hydrogen-bond acceptors (Lipinski definition) is 1. The maximum absolute atomic E-state index is 13.0. The average molecular weight is 380 g/mol. The number of nitrogens with zero attached hydrogens (tertiary/aromatic N) is 1. The lowest BCUT2D eigenvalue weighted by Gasteiger charge is -2.29. The van der Waals surface area contributed by atoms with E-state index in [0.717, 1.165) is 15.6 Å². The second kappa shape index (κ2) is 7.45. The number of halogens is 1. The Bertz CT molecular complexity index is 761. The molecule has 0 heterocycles. The predicted molar refractivity (Wildman–Crippen MR) is 101 cm³/mol. The highest BCUT2D eigenvalue weighted by Crippen LogP contribution is 2.28. The lowest BCUT2D eigenvalue weighted by atomic mass is 9.97. The van der Waals surface area contributed by atoms with Crippen molar-refractivity contribution in [1.29, 1.82) is 0 Å². The molecule has 0 fully saturated rings. The molecule has 24 heavy (non-hydrogen) atoms. The van der Waals surface area contributed by atoms with Crippen LogP contribution < -0.4 is 0 Å². The predicted octanol–water partition coefficient (Wildman–Crippen LogP) is 5.31. The van der Waals surface area contributed by atoms with Crippen molar-refractivity contribution in [2.75, 3.05) is 7.05 Å². The van der Waals surface area contributed by atoms with E-state index >= 15 is 0 Å². The van der Waals surface area contributed by atoms with Crippen molar-refractivity contribution in [3.05, 3.63) is 106 Å². The smallest absolute Gasteiger partial charge is 0.254 e. The third-order valence-electron chi connectivity index (χ3n) is 4.03. The average Bonchev–Trinajstić information content (AvgIpc) is 2.64. The minimum absolute atomic E-state index is 0.000191. The molecular formula is C21H18BrNO.